The molecule has 5 atom stereocenters. The first-order valence-electron chi connectivity index (χ1n) is 21.9. The average Bonchev–Trinajstić information content (AvgIpc) is 4.00. The van der Waals surface area contributed by atoms with Crippen LogP contribution in [0.3, 0.4) is 0 Å². The molecule has 5 N–H and O–H groups in total. The maximum Gasteiger partial charge on any atom is 0.297 e. The Morgan fingerprint density at radius 1 is 1.02 bits per heavy atom. The van der Waals surface area contributed by atoms with Crippen LogP contribution in [0.1, 0.15) is 155 Å². The van der Waals surface area contributed by atoms with E-state index in [-0.39, 0.29) is 42.7 Å². The van der Waals surface area contributed by atoms with E-state index in [4.69, 9.17) is 26.2 Å². The molecule has 3 fully saturated rings. The molecule has 1 aromatic carbocycles. The number of nitrogens with one attached hydrogen (secondary N) is 1. The molecule has 6 rings (SSSR count). The predicted molar refractivity (Wildman–Crippen MR) is 233 cm³/mol. The number of ether oxygens (including phenoxy) is 1. The highest BCUT2D eigenvalue weighted by atomic mass is 32.2. The maximum absolute atomic E-state index is 13.4. The quantitative estimate of drug-likeness (QED) is 0.0974. The lowest BCUT2D eigenvalue weighted by atomic mass is 9.86. The summed E-state index contributed by atoms with van der Waals surface area (Å²) in [5.41, 5.74) is 15.4. The topological polar surface area (TPSA) is 193 Å². The van der Waals surface area contributed by atoms with Crippen molar-refractivity contribution in [2.24, 2.45) is 28.7 Å². The Balaban J connectivity index is 1.06. The Morgan fingerprint density at radius 3 is 2.29 bits per heavy atom. The van der Waals surface area contributed by atoms with Crippen LogP contribution in [0.15, 0.2) is 18.2 Å². The fraction of sp³-hybridized carbons (Fsp3) is 0.705. The number of benzene rings is 1. The summed E-state index contributed by atoms with van der Waals surface area (Å²) in [6.45, 7) is 16.4. The monoisotopic (exact) mass is 853 g/mol. The molecule has 13 nitrogen and oxygen atoms in total. The van der Waals surface area contributed by atoms with Crippen LogP contribution in [-0.2, 0) is 30.8 Å². The van der Waals surface area contributed by atoms with Gasteiger partial charge >= 0.3 is 0 Å². The lowest BCUT2D eigenvalue weighted by Crippen LogP contribution is -2.54. The predicted octanol–water partition coefficient (Wildman–Crippen LogP) is 7.37. The van der Waals surface area contributed by atoms with Crippen LogP contribution in [0.2, 0.25) is 0 Å². The number of hydrogen-bond acceptors (Lipinski definition) is 10. The normalized spacial score (nSPS) is 22.0. The van der Waals surface area contributed by atoms with Gasteiger partial charge in [-0.2, -0.15) is 4.98 Å². The van der Waals surface area contributed by atoms with Crippen LogP contribution in [0.25, 0.3) is 21.6 Å². The molecule has 1 aliphatic heterocycles. The molecule has 3 heterocycles. The van der Waals surface area contributed by atoms with E-state index in [1.54, 1.807) is 11.3 Å². The molecule has 3 aliphatic rings. The summed E-state index contributed by atoms with van der Waals surface area (Å²) < 4.78 is 36.4. The SMILES string of the molecule is CC[C@@H]1C[C@@H]1C(=O)NS(=O)(=O)C1(CCCCCCCCc2sc(-c3cccc4c3nc(O[C@@H]3C[C@@H](C(N)=O)N(C(=O)[C@@H](N)C(C)(C)C)C3)n4C(C)C)nc2C(C)C)CC1. The van der Waals surface area contributed by atoms with Gasteiger partial charge in [-0.15, -0.1) is 11.3 Å². The number of primary amides is 1. The minimum Gasteiger partial charge on any atom is -0.459 e. The molecule has 2 saturated carbocycles. The van der Waals surface area contributed by atoms with E-state index in [1.807, 2.05) is 39.8 Å². The molecule has 0 unspecified atom stereocenters. The molecule has 2 aliphatic carbocycles. The van der Waals surface area contributed by atoms with Crippen molar-refractivity contribution < 1.29 is 27.5 Å². The number of sulfonamides is 1. The smallest absolute Gasteiger partial charge is 0.297 e. The van der Waals surface area contributed by atoms with Gasteiger partial charge in [0.05, 0.1) is 28.5 Å². The van der Waals surface area contributed by atoms with Gasteiger partial charge in [0.2, 0.25) is 27.7 Å². The van der Waals surface area contributed by atoms with E-state index in [1.165, 1.54) is 9.78 Å². The third kappa shape index (κ3) is 9.82. The molecular formula is C44H67N7O6S2. The molecule has 3 aromatic rings. The fourth-order valence-electron chi connectivity index (χ4n) is 8.62. The third-order valence-corrected chi connectivity index (χ3v) is 16.1. The van der Waals surface area contributed by atoms with Gasteiger partial charge in [0.25, 0.3) is 6.01 Å². The number of aryl methyl sites for hydroxylation is 1. The van der Waals surface area contributed by atoms with Crippen LogP contribution in [0.5, 0.6) is 6.01 Å². The first-order chi connectivity index (χ1) is 27.8. The zero-order chi connectivity index (χ0) is 43.0. The number of hydrogen-bond donors (Lipinski definition) is 3. The van der Waals surface area contributed by atoms with Crippen molar-refractivity contribution in [3.63, 3.8) is 0 Å². The number of amides is 3. The summed E-state index contributed by atoms with van der Waals surface area (Å²) >= 11 is 1.72. The van der Waals surface area contributed by atoms with E-state index in [2.05, 4.69) is 43.1 Å². The molecular weight excluding hydrogens is 787 g/mol. The van der Waals surface area contributed by atoms with Crippen molar-refractivity contribution in [1.29, 1.82) is 0 Å². The summed E-state index contributed by atoms with van der Waals surface area (Å²) in [6.07, 6.45) is 10.4. The van der Waals surface area contributed by atoms with E-state index in [9.17, 15) is 22.8 Å². The largest absolute Gasteiger partial charge is 0.459 e. The van der Waals surface area contributed by atoms with Crippen LogP contribution in [0.4, 0.5) is 0 Å². The Bertz CT molecular complexity index is 2120. The first-order valence-corrected chi connectivity index (χ1v) is 24.2. The van der Waals surface area contributed by atoms with Crippen molar-refractivity contribution in [1.82, 2.24) is 24.2 Å². The van der Waals surface area contributed by atoms with Gasteiger partial charge in [0.1, 0.15) is 22.7 Å². The number of nitrogens with two attached hydrogens (primary N) is 2. The number of rotatable bonds is 20. The average molecular weight is 854 g/mol. The number of imidazole rings is 1. The highest BCUT2D eigenvalue weighted by molar-refractivity contribution is 7.91. The number of fused-ring (bicyclic) bond motifs is 1. The number of thiazole rings is 1. The van der Waals surface area contributed by atoms with Crippen molar-refractivity contribution in [2.75, 3.05) is 6.54 Å². The van der Waals surface area contributed by atoms with E-state index >= 15 is 0 Å². The molecule has 15 heteroatoms. The second-order valence-electron chi connectivity index (χ2n) is 19.0. The van der Waals surface area contributed by atoms with Crippen LogP contribution in [-0.4, -0.2) is 75.1 Å². The van der Waals surface area contributed by atoms with Crippen LogP contribution in [0, 0.1) is 17.3 Å². The van der Waals surface area contributed by atoms with Gasteiger partial charge in [-0.05, 0) is 81.8 Å². The van der Waals surface area contributed by atoms with Crippen molar-refractivity contribution in [2.45, 2.75) is 174 Å². The fourth-order valence-corrected chi connectivity index (χ4v) is 11.6. The number of nitrogens with zero attached hydrogens (tertiary/aromatic N) is 4. The van der Waals surface area contributed by atoms with Gasteiger partial charge in [-0.3, -0.25) is 23.7 Å². The second kappa shape index (κ2) is 17.8. The van der Waals surface area contributed by atoms with Crippen molar-refractivity contribution in [3.8, 4) is 16.6 Å². The summed E-state index contributed by atoms with van der Waals surface area (Å²) in [7, 11) is -3.63. The number of aromatic nitrogens is 3. The molecule has 326 valence electrons. The van der Waals surface area contributed by atoms with Gasteiger partial charge < -0.3 is 21.1 Å². The highest BCUT2D eigenvalue weighted by Gasteiger charge is 2.55. The van der Waals surface area contributed by atoms with Crippen molar-refractivity contribution in [3.05, 3.63) is 28.8 Å². The number of para-hydroxylation sites is 1. The summed E-state index contributed by atoms with van der Waals surface area (Å²) in [5.74, 6) is -0.751. The number of likely N-dealkylation sites (tertiary alicyclic amines) is 1. The van der Waals surface area contributed by atoms with Gasteiger partial charge in [-0.1, -0.05) is 86.1 Å². The number of unbranched alkanes of at least 4 members (excludes halogenated alkanes) is 5. The first kappa shape index (κ1) is 45.0. The molecule has 0 spiro atoms. The highest BCUT2D eigenvalue weighted by Crippen LogP contribution is 2.48. The van der Waals surface area contributed by atoms with E-state index in [0.29, 0.717) is 31.2 Å². The molecule has 1 saturated heterocycles. The number of carbonyl (C=O) groups is 3. The molecule has 2 aromatic heterocycles. The Labute approximate surface area is 354 Å². The van der Waals surface area contributed by atoms with Crippen molar-refractivity contribution >= 4 is 50.1 Å². The van der Waals surface area contributed by atoms with Gasteiger partial charge in [0.15, 0.2) is 0 Å². The lowest BCUT2D eigenvalue weighted by molar-refractivity contribution is -0.140. The molecule has 59 heavy (non-hydrogen) atoms. The Morgan fingerprint density at radius 2 is 1.69 bits per heavy atom. The Kier molecular flexibility index (Phi) is 13.6. The molecule has 0 bridgehead atoms. The minimum atomic E-state index is -3.63. The minimum absolute atomic E-state index is 0.0139. The third-order valence-electron chi connectivity index (χ3n) is 12.7. The zero-order valence-electron chi connectivity index (χ0n) is 36.4. The van der Waals surface area contributed by atoms with Gasteiger partial charge in [0, 0.05) is 28.8 Å². The molecule has 3 amide bonds. The van der Waals surface area contributed by atoms with Crippen LogP contribution < -0.4 is 20.9 Å². The Hall–Kier alpha value is -3.56. The van der Waals surface area contributed by atoms with Crippen LogP contribution >= 0.6 is 11.3 Å². The summed E-state index contributed by atoms with van der Waals surface area (Å²) in [6, 6.07) is 4.95. The van der Waals surface area contributed by atoms with Gasteiger partial charge in [-0.25, -0.2) is 13.4 Å². The second-order valence-corrected chi connectivity index (χ2v) is 22.2. The van der Waals surface area contributed by atoms with E-state index < -0.39 is 44.3 Å². The standard InChI is InChI=1S/C44H67N7O6S2/c1-9-28-23-31(28)39(53)49-59(55,56)44(21-22-44)20-15-13-11-10-12-14-19-34-35(26(2)3)47-40(58-34)30-17-16-18-32-36(30)48-42(51(32)27(4)5)57-29-24-33(38(46)52)50(25-29)41(54)37(45)43(6,7)8/h16-18,26-29,31,33,37H,9-15,19-25,45H2,1-8H3,(H2,46,52)(H,49,53)/t28-,29-,31+,33+,37-/m1/s1. The maximum atomic E-state index is 13.4. The zero-order valence-corrected chi connectivity index (χ0v) is 38.0. The molecule has 0 radical (unpaired) electrons. The lowest BCUT2D eigenvalue weighted by Gasteiger charge is -2.31. The number of carbonyl (C=O) groups excluding carboxylic acids is 3. The van der Waals surface area contributed by atoms with E-state index in [0.717, 1.165) is 85.1 Å². The summed E-state index contributed by atoms with van der Waals surface area (Å²) in [4.78, 5) is 51.4. The summed E-state index contributed by atoms with van der Waals surface area (Å²) in [5, 5.41) is 0.916.